The SMILES string of the molecule is COCC(=O)N1CCN(C(=O)c2cccc(F)c2)CC1C(=O)NC(Cc1ccc(OC)cc1)C(=O)OC. The first kappa shape index (κ1) is 27.6. The van der Waals surface area contributed by atoms with Gasteiger partial charge >= 0.3 is 5.97 Å². The molecule has 2 unspecified atom stereocenters. The molecule has 0 radical (unpaired) electrons. The van der Waals surface area contributed by atoms with Crippen LogP contribution >= 0.6 is 0 Å². The molecule has 3 rings (SSSR count). The number of hydrogen-bond acceptors (Lipinski definition) is 7. The highest BCUT2D eigenvalue weighted by Gasteiger charge is 2.38. The molecule has 1 aliphatic rings. The standard InChI is InChI=1S/C26H30FN3O7/c1-35-16-23(31)30-12-11-29(25(33)18-5-4-6-19(27)14-18)15-22(30)24(32)28-21(26(34)37-3)13-17-7-9-20(36-2)10-8-17/h4-10,14,21-22H,11-13,15-16H2,1-3H3,(H,28,32). The fraction of sp³-hybridized carbons (Fsp3) is 0.385. The third-order valence-electron chi connectivity index (χ3n) is 6.03. The smallest absolute Gasteiger partial charge is 0.328 e. The zero-order chi connectivity index (χ0) is 26.9. The number of piperazine rings is 1. The summed E-state index contributed by atoms with van der Waals surface area (Å²) in [6.45, 7) is -0.204. The molecule has 2 aromatic carbocycles. The number of methoxy groups -OCH3 is 3. The van der Waals surface area contributed by atoms with Crippen LogP contribution in [0.15, 0.2) is 48.5 Å². The van der Waals surface area contributed by atoms with E-state index < -0.39 is 41.6 Å². The Morgan fingerprint density at radius 1 is 1.05 bits per heavy atom. The van der Waals surface area contributed by atoms with Gasteiger partial charge in [0.25, 0.3) is 5.91 Å². The predicted octanol–water partition coefficient (Wildman–Crippen LogP) is 1.03. The van der Waals surface area contributed by atoms with Gasteiger partial charge in [-0.15, -0.1) is 0 Å². The normalized spacial score (nSPS) is 16.1. The van der Waals surface area contributed by atoms with Crippen LogP contribution in [0, 0.1) is 5.82 Å². The topological polar surface area (TPSA) is 114 Å². The summed E-state index contributed by atoms with van der Waals surface area (Å²) < 4.78 is 28.6. The lowest BCUT2D eigenvalue weighted by Gasteiger charge is -2.40. The number of carbonyl (C=O) groups is 4. The van der Waals surface area contributed by atoms with E-state index in [4.69, 9.17) is 14.2 Å². The Kier molecular flexibility index (Phi) is 9.56. The van der Waals surface area contributed by atoms with E-state index in [2.05, 4.69) is 5.32 Å². The number of carbonyl (C=O) groups excluding carboxylic acids is 4. The van der Waals surface area contributed by atoms with Gasteiger partial charge in [-0.05, 0) is 35.9 Å². The molecule has 10 nitrogen and oxygen atoms in total. The van der Waals surface area contributed by atoms with E-state index >= 15 is 0 Å². The second-order valence-corrected chi connectivity index (χ2v) is 8.43. The summed E-state index contributed by atoms with van der Waals surface area (Å²) in [5.74, 6) is -2.13. The summed E-state index contributed by atoms with van der Waals surface area (Å²) in [5.41, 5.74) is 0.873. The van der Waals surface area contributed by atoms with E-state index in [1.165, 1.54) is 49.3 Å². The van der Waals surface area contributed by atoms with Gasteiger partial charge in [-0.1, -0.05) is 18.2 Å². The highest BCUT2D eigenvalue weighted by molar-refractivity contribution is 5.96. The van der Waals surface area contributed by atoms with Crippen LogP contribution < -0.4 is 10.1 Å². The van der Waals surface area contributed by atoms with Gasteiger partial charge in [0.1, 0.15) is 30.3 Å². The minimum Gasteiger partial charge on any atom is -0.497 e. The molecule has 2 atom stereocenters. The lowest BCUT2D eigenvalue weighted by Crippen LogP contribution is -2.63. The zero-order valence-electron chi connectivity index (χ0n) is 20.9. The maximum absolute atomic E-state index is 13.7. The van der Waals surface area contributed by atoms with Gasteiger partial charge in [0.05, 0.1) is 20.8 Å². The average molecular weight is 516 g/mol. The monoisotopic (exact) mass is 515 g/mol. The molecule has 1 heterocycles. The Morgan fingerprint density at radius 3 is 2.41 bits per heavy atom. The molecule has 198 valence electrons. The van der Waals surface area contributed by atoms with Crippen molar-refractivity contribution in [2.24, 2.45) is 0 Å². The van der Waals surface area contributed by atoms with Crippen molar-refractivity contribution in [3.63, 3.8) is 0 Å². The van der Waals surface area contributed by atoms with Crippen molar-refractivity contribution in [3.8, 4) is 5.75 Å². The van der Waals surface area contributed by atoms with Gasteiger partial charge < -0.3 is 29.3 Å². The zero-order valence-corrected chi connectivity index (χ0v) is 20.9. The van der Waals surface area contributed by atoms with E-state index in [-0.39, 0.29) is 38.2 Å². The van der Waals surface area contributed by atoms with Crippen molar-refractivity contribution in [1.29, 1.82) is 0 Å². The second-order valence-electron chi connectivity index (χ2n) is 8.43. The summed E-state index contributed by atoms with van der Waals surface area (Å²) >= 11 is 0. The van der Waals surface area contributed by atoms with Crippen LogP contribution in [0.1, 0.15) is 15.9 Å². The number of nitrogens with one attached hydrogen (secondary N) is 1. The number of rotatable bonds is 9. The summed E-state index contributed by atoms with van der Waals surface area (Å²) in [7, 11) is 4.11. The summed E-state index contributed by atoms with van der Waals surface area (Å²) in [6.07, 6.45) is 0.132. The molecule has 3 amide bonds. The predicted molar refractivity (Wildman–Crippen MR) is 130 cm³/mol. The fourth-order valence-electron chi connectivity index (χ4n) is 4.10. The van der Waals surface area contributed by atoms with Gasteiger partial charge in [-0.25, -0.2) is 9.18 Å². The molecule has 2 aromatic rings. The maximum atomic E-state index is 13.7. The van der Waals surface area contributed by atoms with Crippen molar-refractivity contribution in [2.45, 2.75) is 18.5 Å². The Bertz CT molecular complexity index is 1130. The molecule has 37 heavy (non-hydrogen) atoms. The van der Waals surface area contributed by atoms with E-state index in [1.807, 2.05) is 0 Å². The van der Waals surface area contributed by atoms with Crippen LogP contribution in [-0.2, 0) is 30.3 Å². The molecule has 11 heteroatoms. The summed E-state index contributed by atoms with van der Waals surface area (Å²) in [5, 5.41) is 2.67. The number of ether oxygens (including phenoxy) is 3. The number of nitrogens with zero attached hydrogens (tertiary/aromatic N) is 2. The third kappa shape index (κ3) is 7.04. The Balaban J connectivity index is 1.81. The minimum absolute atomic E-state index is 0.0582. The Labute approximate surface area is 214 Å². The molecule has 1 aliphatic heterocycles. The fourth-order valence-corrected chi connectivity index (χ4v) is 4.10. The average Bonchev–Trinajstić information content (AvgIpc) is 2.91. The lowest BCUT2D eigenvalue weighted by molar-refractivity contribution is -0.149. The van der Waals surface area contributed by atoms with Crippen LogP contribution in [0.2, 0.25) is 0 Å². The third-order valence-corrected chi connectivity index (χ3v) is 6.03. The molecule has 0 aromatic heterocycles. The highest BCUT2D eigenvalue weighted by Crippen LogP contribution is 2.17. The number of esters is 1. The molecule has 1 fully saturated rings. The van der Waals surface area contributed by atoms with Crippen molar-refractivity contribution in [2.75, 3.05) is 47.6 Å². The summed E-state index contributed by atoms with van der Waals surface area (Å²) in [4.78, 5) is 54.3. The number of amides is 3. The van der Waals surface area contributed by atoms with E-state index in [1.54, 1.807) is 24.3 Å². The van der Waals surface area contributed by atoms with Crippen molar-refractivity contribution in [1.82, 2.24) is 15.1 Å². The van der Waals surface area contributed by atoms with Gasteiger partial charge in [0.15, 0.2) is 0 Å². The van der Waals surface area contributed by atoms with Crippen LogP contribution in [0.3, 0.4) is 0 Å². The first-order valence-electron chi connectivity index (χ1n) is 11.6. The molecule has 0 spiro atoms. The number of hydrogen-bond donors (Lipinski definition) is 1. The molecule has 0 bridgehead atoms. The maximum Gasteiger partial charge on any atom is 0.328 e. The van der Waals surface area contributed by atoms with Gasteiger partial charge in [0, 0.05) is 32.2 Å². The van der Waals surface area contributed by atoms with Crippen molar-refractivity contribution < 1.29 is 37.8 Å². The van der Waals surface area contributed by atoms with Gasteiger partial charge in [0.2, 0.25) is 11.8 Å². The largest absolute Gasteiger partial charge is 0.497 e. The van der Waals surface area contributed by atoms with Crippen LogP contribution in [0.5, 0.6) is 5.75 Å². The molecular weight excluding hydrogens is 485 g/mol. The Morgan fingerprint density at radius 2 is 1.78 bits per heavy atom. The van der Waals surface area contributed by atoms with Crippen LogP contribution in [0.25, 0.3) is 0 Å². The molecule has 0 aliphatic carbocycles. The summed E-state index contributed by atoms with van der Waals surface area (Å²) in [6, 6.07) is 10.1. The number of benzene rings is 2. The van der Waals surface area contributed by atoms with Crippen LogP contribution in [-0.4, -0.2) is 93.1 Å². The first-order chi connectivity index (χ1) is 17.8. The highest BCUT2D eigenvalue weighted by atomic mass is 19.1. The minimum atomic E-state index is -1.10. The molecular formula is C26H30FN3O7. The van der Waals surface area contributed by atoms with Crippen molar-refractivity contribution >= 4 is 23.7 Å². The second kappa shape index (κ2) is 12.8. The molecule has 0 saturated carbocycles. The van der Waals surface area contributed by atoms with Crippen LogP contribution in [0.4, 0.5) is 4.39 Å². The quantitative estimate of drug-likeness (QED) is 0.496. The van der Waals surface area contributed by atoms with Crippen molar-refractivity contribution in [3.05, 3.63) is 65.5 Å². The van der Waals surface area contributed by atoms with Gasteiger partial charge in [-0.3, -0.25) is 14.4 Å². The van der Waals surface area contributed by atoms with E-state index in [0.717, 1.165) is 11.6 Å². The molecule has 1 saturated heterocycles. The van der Waals surface area contributed by atoms with Gasteiger partial charge in [-0.2, -0.15) is 0 Å². The lowest BCUT2D eigenvalue weighted by atomic mass is 10.0. The Hall–Kier alpha value is -3.99. The van der Waals surface area contributed by atoms with E-state index in [0.29, 0.717) is 5.75 Å². The van der Waals surface area contributed by atoms with E-state index in [9.17, 15) is 23.6 Å². The number of halogens is 1. The first-order valence-corrected chi connectivity index (χ1v) is 11.6. The molecule has 1 N–H and O–H groups in total.